The lowest BCUT2D eigenvalue weighted by Gasteiger charge is -2.15. The molecule has 2 N–H and O–H groups in total. The van der Waals surface area contributed by atoms with Crippen LogP contribution in [0.25, 0.3) is 5.57 Å². The van der Waals surface area contributed by atoms with Crippen LogP contribution < -0.4 is 5.32 Å². The van der Waals surface area contributed by atoms with Gasteiger partial charge in [0.2, 0.25) is 0 Å². The first-order valence-electron chi connectivity index (χ1n) is 11.8. The highest BCUT2D eigenvalue weighted by Crippen LogP contribution is 2.46. The molecule has 1 atom stereocenters. The van der Waals surface area contributed by atoms with Gasteiger partial charge in [0, 0.05) is 24.6 Å². The monoisotopic (exact) mass is 530 g/mol. The number of allylic oxidation sites excluding steroid dienone is 1. The molecule has 1 amide bonds. The molecule has 1 aromatic heterocycles. The zero-order valence-corrected chi connectivity index (χ0v) is 21.1. The fourth-order valence-electron chi connectivity index (χ4n) is 4.55. The number of aromatic carboxylic acids is 1. The standard InChI is InChI=1S/C26H26N2O6S.ClH/c29-19-6-1-15(11-19)12-22(25(30)28-24-10-5-18(14-27-24)26(31)32)17-4-9-23(21(13-17)16-2-3-16)35(33,34)20-7-8-20;/h4-5,9-10,12-16,20H,1-3,6-8,11H2,(H,31,32)(H,27,28,30);1H/b22-12+;/t15-;/m0./s1. The van der Waals surface area contributed by atoms with E-state index in [4.69, 9.17) is 5.11 Å². The van der Waals surface area contributed by atoms with Gasteiger partial charge in [-0.2, -0.15) is 0 Å². The molecule has 0 saturated heterocycles. The summed E-state index contributed by atoms with van der Waals surface area (Å²) in [5.74, 6) is -1.12. The topological polar surface area (TPSA) is 130 Å². The number of rotatable bonds is 8. The van der Waals surface area contributed by atoms with Gasteiger partial charge < -0.3 is 10.4 Å². The minimum absolute atomic E-state index is 0. The Hall–Kier alpha value is -3.04. The summed E-state index contributed by atoms with van der Waals surface area (Å²) in [5.41, 5.74) is 1.72. The fourth-order valence-corrected chi connectivity index (χ4v) is 6.48. The number of sulfone groups is 1. The second-order valence-electron chi connectivity index (χ2n) is 9.58. The highest BCUT2D eigenvalue weighted by atomic mass is 35.5. The van der Waals surface area contributed by atoms with Crippen LogP contribution in [0.3, 0.4) is 0 Å². The molecular formula is C26H27ClN2O6S. The molecular weight excluding hydrogens is 504 g/mol. The number of aromatic nitrogens is 1. The zero-order chi connectivity index (χ0) is 24.7. The molecule has 3 saturated carbocycles. The SMILES string of the molecule is Cl.O=C1CC[C@H](/C=C(/C(=O)Nc2ccc(C(=O)O)cn2)c2ccc(S(=O)(=O)C3CC3)c(C3CC3)c2)C1. The van der Waals surface area contributed by atoms with E-state index in [-0.39, 0.29) is 46.7 Å². The third kappa shape index (κ3) is 5.52. The first-order valence-corrected chi connectivity index (χ1v) is 13.4. The number of ketones is 1. The Morgan fingerprint density at radius 3 is 2.31 bits per heavy atom. The lowest BCUT2D eigenvalue weighted by Crippen LogP contribution is -2.16. The predicted octanol–water partition coefficient (Wildman–Crippen LogP) is 4.41. The lowest BCUT2D eigenvalue weighted by molar-refractivity contribution is -0.117. The summed E-state index contributed by atoms with van der Waals surface area (Å²) in [6, 6.07) is 7.88. The van der Waals surface area contributed by atoms with Crippen molar-refractivity contribution in [1.82, 2.24) is 4.98 Å². The molecule has 1 heterocycles. The molecule has 190 valence electrons. The van der Waals surface area contributed by atoms with Gasteiger partial charge in [-0.25, -0.2) is 18.2 Å². The Bertz CT molecular complexity index is 1340. The molecule has 36 heavy (non-hydrogen) atoms. The van der Waals surface area contributed by atoms with Crippen LogP contribution in [0.5, 0.6) is 0 Å². The molecule has 3 fully saturated rings. The molecule has 2 aromatic rings. The number of carbonyl (C=O) groups excluding carboxylic acids is 2. The Kier molecular flexibility index (Phi) is 7.33. The number of Topliss-reactive ketones (excluding diaryl/α,β-unsaturated/α-hetero) is 1. The van der Waals surface area contributed by atoms with Gasteiger partial charge in [-0.05, 0) is 79.3 Å². The number of carbonyl (C=O) groups is 3. The first kappa shape index (κ1) is 26.0. The number of carboxylic acid groups (broad SMARTS) is 1. The number of carboxylic acids is 1. The zero-order valence-electron chi connectivity index (χ0n) is 19.5. The number of pyridine rings is 1. The predicted molar refractivity (Wildman–Crippen MR) is 136 cm³/mol. The van der Waals surface area contributed by atoms with Crippen molar-refractivity contribution in [2.45, 2.75) is 61.0 Å². The van der Waals surface area contributed by atoms with Crippen molar-refractivity contribution in [3.8, 4) is 0 Å². The van der Waals surface area contributed by atoms with Crippen LogP contribution in [0.4, 0.5) is 5.82 Å². The Morgan fingerprint density at radius 1 is 1.03 bits per heavy atom. The molecule has 5 rings (SSSR count). The van der Waals surface area contributed by atoms with Gasteiger partial charge in [0.1, 0.15) is 11.6 Å². The van der Waals surface area contributed by atoms with E-state index in [2.05, 4.69) is 10.3 Å². The van der Waals surface area contributed by atoms with Gasteiger partial charge in [0.15, 0.2) is 9.84 Å². The second-order valence-corrected chi connectivity index (χ2v) is 11.8. The van der Waals surface area contributed by atoms with E-state index >= 15 is 0 Å². The van der Waals surface area contributed by atoms with Crippen molar-refractivity contribution < 1.29 is 27.9 Å². The summed E-state index contributed by atoms with van der Waals surface area (Å²) in [6.45, 7) is 0. The van der Waals surface area contributed by atoms with Crippen LogP contribution in [0.15, 0.2) is 47.5 Å². The maximum absolute atomic E-state index is 13.4. The van der Waals surface area contributed by atoms with E-state index < -0.39 is 21.7 Å². The number of halogens is 1. The summed E-state index contributed by atoms with van der Waals surface area (Å²) < 4.78 is 26.0. The van der Waals surface area contributed by atoms with Crippen molar-refractivity contribution in [3.05, 3.63) is 59.3 Å². The van der Waals surface area contributed by atoms with Crippen molar-refractivity contribution in [3.63, 3.8) is 0 Å². The third-order valence-corrected chi connectivity index (χ3v) is 9.12. The molecule has 10 heteroatoms. The van der Waals surface area contributed by atoms with Crippen molar-refractivity contribution in [1.29, 1.82) is 0 Å². The molecule has 3 aliphatic rings. The Morgan fingerprint density at radius 2 is 1.75 bits per heavy atom. The van der Waals surface area contributed by atoms with Crippen molar-refractivity contribution in [2.75, 3.05) is 5.32 Å². The summed E-state index contributed by atoms with van der Waals surface area (Å²) in [5, 5.41) is 11.5. The van der Waals surface area contributed by atoms with E-state index in [0.29, 0.717) is 48.1 Å². The summed E-state index contributed by atoms with van der Waals surface area (Å²) in [4.78, 5) is 40.7. The fraction of sp³-hybridized carbons (Fsp3) is 0.385. The molecule has 0 aliphatic heterocycles. The minimum Gasteiger partial charge on any atom is -0.478 e. The average molecular weight is 531 g/mol. The number of amides is 1. The van der Waals surface area contributed by atoms with E-state index in [1.54, 1.807) is 18.2 Å². The average Bonchev–Trinajstić information content (AvgIpc) is 3.75. The second kappa shape index (κ2) is 10.1. The molecule has 8 nitrogen and oxygen atoms in total. The van der Waals surface area contributed by atoms with Crippen LogP contribution in [0.2, 0.25) is 0 Å². The highest BCUT2D eigenvalue weighted by Gasteiger charge is 2.40. The summed E-state index contributed by atoms with van der Waals surface area (Å²) >= 11 is 0. The van der Waals surface area contributed by atoms with Crippen LogP contribution in [-0.2, 0) is 19.4 Å². The van der Waals surface area contributed by atoms with Crippen LogP contribution >= 0.6 is 12.4 Å². The van der Waals surface area contributed by atoms with Crippen LogP contribution in [0.1, 0.15) is 72.3 Å². The quantitative estimate of drug-likeness (QED) is 0.483. The first-order chi connectivity index (χ1) is 16.7. The number of nitrogens with one attached hydrogen (secondary N) is 1. The maximum Gasteiger partial charge on any atom is 0.337 e. The van der Waals surface area contributed by atoms with Gasteiger partial charge in [0.05, 0.1) is 15.7 Å². The summed E-state index contributed by atoms with van der Waals surface area (Å²) in [6.07, 6.45) is 7.66. The largest absolute Gasteiger partial charge is 0.478 e. The van der Waals surface area contributed by atoms with Gasteiger partial charge in [-0.15, -0.1) is 12.4 Å². The van der Waals surface area contributed by atoms with Crippen molar-refractivity contribution in [2.24, 2.45) is 5.92 Å². The van der Waals surface area contributed by atoms with E-state index in [1.807, 2.05) is 6.07 Å². The number of hydrogen-bond donors (Lipinski definition) is 2. The molecule has 0 unspecified atom stereocenters. The summed E-state index contributed by atoms with van der Waals surface area (Å²) in [7, 11) is -3.38. The molecule has 3 aliphatic carbocycles. The van der Waals surface area contributed by atoms with Crippen LogP contribution in [0, 0.1) is 5.92 Å². The van der Waals surface area contributed by atoms with E-state index in [1.165, 1.54) is 18.3 Å². The van der Waals surface area contributed by atoms with E-state index in [0.717, 1.165) is 18.4 Å². The van der Waals surface area contributed by atoms with Gasteiger partial charge in [-0.3, -0.25) is 9.59 Å². The normalized spacial score (nSPS) is 20.1. The number of nitrogens with zero attached hydrogens (tertiary/aromatic N) is 1. The van der Waals surface area contributed by atoms with Crippen molar-refractivity contribution >= 4 is 51.3 Å². The molecule has 0 bridgehead atoms. The van der Waals surface area contributed by atoms with Crippen LogP contribution in [-0.4, -0.2) is 41.4 Å². The lowest BCUT2D eigenvalue weighted by atomic mass is 9.95. The smallest absolute Gasteiger partial charge is 0.337 e. The molecule has 1 aromatic carbocycles. The highest BCUT2D eigenvalue weighted by molar-refractivity contribution is 7.92. The van der Waals surface area contributed by atoms with Gasteiger partial charge in [0.25, 0.3) is 5.91 Å². The van der Waals surface area contributed by atoms with Gasteiger partial charge >= 0.3 is 5.97 Å². The Labute approximate surface area is 215 Å². The van der Waals surface area contributed by atoms with E-state index in [9.17, 15) is 22.8 Å². The third-order valence-electron chi connectivity index (χ3n) is 6.79. The maximum atomic E-state index is 13.4. The molecule has 0 spiro atoms. The number of anilines is 1. The number of hydrogen-bond acceptors (Lipinski definition) is 6. The minimum atomic E-state index is -3.38. The van der Waals surface area contributed by atoms with Gasteiger partial charge in [-0.1, -0.05) is 12.1 Å². The number of benzene rings is 1. The molecule has 0 radical (unpaired) electrons. The Balaban J connectivity index is 0.00000304.